The average Bonchev–Trinajstić information content (AvgIpc) is 3.33. The van der Waals surface area contributed by atoms with E-state index in [2.05, 4.69) is 34.6 Å². The van der Waals surface area contributed by atoms with E-state index < -0.39 is 0 Å². The van der Waals surface area contributed by atoms with Crippen molar-refractivity contribution in [2.45, 2.75) is 45.3 Å². The first kappa shape index (κ1) is 21.2. The highest BCUT2D eigenvalue weighted by Crippen LogP contribution is 2.41. The zero-order valence-electron chi connectivity index (χ0n) is 18.5. The molecule has 3 aliphatic rings. The molecule has 0 aromatic heterocycles. The Kier molecular flexibility index (Phi) is 5.98. The number of halogens is 1. The molecule has 0 radical (unpaired) electrons. The Balaban J connectivity index is 1.23. The molecule has 5 rings (SSSR count). The highest BCUT2D eigenvalue weighted by molar-refractivity contribution is 6.36. The van der Waals surface area contributed by atoms with Crippen molar-refractivity contribution in [2.75, 3.05) is 31.5 Å². The first-order chi connectivity index (χ1) is 15.6. The summed E-state index contributed by atoms with van der Waals surface area (Å²) in [6, 6.07) is 11.3. The zero-order chi connectivity index (χ0) is 22.1. The van der Waals surface area contributed by atoms with E-state index >= 15 is 0 Å². The van der Waals surface area contributed by atoms with E-state index in [-0.39, 0.29) is 11.7 Å². The molecule has 3 aliphatic heterocycles. The fraction of sp³-hybridized carbons (Fsp3) is 0.423. The number of hydrogen-bond donors (Lipinski definition) is 2. The van der Waals surface area contributed by atoms with E-state index in [1.165, 1.54) is 43.5 Å². The molecule has 0 aliphatic carbocycles. The number of likely N-dealkylation sites (tertiary alicyclic amines) is 1. The molecular formula is C26H30FN3O2. The van der Waals surface area contributed by atoms with Crippen LogP contribution in [0.4, 0.5) is 10.1 Å². The number of piperidine rings is 1. The minimum atomic E-state index is -0.367. The average molecular weight is 436 g/mol. The maximum absolute atomic E-state index is 13.8. The molecule has 168 valence electrons. The van der Waals surface area contributed by atoms with Gasteiger partial charge in [0.05, 0.1) is 5.57 Å². The van der Waals surface area contributed by atoms with E-state index in [1.807, 2.05) is 6.07 Å². The highest BCUT2D eigenvalue weighted by Gasteiger charge is 2.32. The molecule has 32 heavy (non-hydrogen) atoms. The number of carbonyl (C=O) groups excluding carboxylic acids is 1. The monoisotopic (exact) mass is 435 g/mol. The first-order valence-electron chi connectivity index (χ1n) is 11.7. The predicted molar refractivity (Wildman–Crippen MR) is 125 cm³/mol. The Bertz CT molecular complexity index is 1070. The van der Waals surface area contributed by atoms with Crippen LogP contribution in [0.5, 0.6) is 0 Å². The van der Waals surface area contributed by atoms with Crippen LogP contribution in [0.3, 0.4) is 0 Å². The van der Waals surface area contributed by atoms with Gasteiger partial charge in [-0.2, -0.15) is 0 Å². The molecule has 2 aromatic carbocycles. The fourth-order valence-electron chi connectivity index (χ4n) is 5.01. The molecule has 5 nitrogen and oxygen atoms in total. The Morgan fingerprint density at radius 3 is 2.94 bits per heavy atom. The third-order valence-corrected chi connectivity index (χ3v) is 6.85. The summed E-state index contributed by atoms with van der Waals surface area (Å²) in [6.45, 7) is 7.05. The Morgan fingerprint density at radius 1 is 1.16 bits per heavy atom. The summed E-state index contributed by atoms with van der Waals surface area (Å²) in [6.07, 6.45) is 4.95. The highest BCUT2D eigenvalue weighted by atomic mass is 19.1. The molecule has 1 saturated heterocycles. The van der Waals surface area contributed by atoms with Gasteiger partial charge < -0.3 is 15.4 Å². The minimum absolute atomic E-state index is 0.246. The van der Waals surface area contributed by atoms with Gasteiger partial charge in [0, 0.05) is 41.5 Å². The van der Waals surface area contributed by atoms with Gasteiger partial charge in [0.15, 0.2) is 0 Å². The quantitative estimate of drug-likeness (QED) is 0.528. The Labute approximate surface area is 188 Å². The third kappa shape index (κ3) is 4.17. The van der Waals surface area contributed by atoms with Crippen molar-refractivity contribution in [3.8, 4) is 0 Å². The topological polar surface area (TPSA) is 53.6 Å². The van der Waals surface area contributed by atoms with Crippen molar-refractivity contribution in [3.63, 3.8) is 0 Å². The van der Waals surface area contributed by atoms with Gasteiger partial charge in [0.1, 0.15) is 18.2 Å². The molecule has 1 amide bonds. The lowest BCUT2D eigenvalue weighted by Gasteiger charge is -2.33. The van der Waals surface area contributed by atoms with Gasteiger partial charge in [-0.1, -0.05) is 24.6 Å². The zero-order valence-corrected chi connectivity index (χ0v) is 18.5. The van der Waals surface area contributed by atoms with Crippen molar-refractivity contribution < 1.29 is 13.9 Å². The van der Waals surface area contributed by atoms with Crippen LogP contribution in [-0.2, 0) is 22.6 Å². The summed E-state index contributed by atoms with van der Waals surface area (Å²) in [4.78, 5) is 15.1. The third-order valence-electron chi connectivity index (χ3n) is 6.85. The number of anilines is 1. The van der Waals surface area contributed by atoms with Crippen LogP contribution < -0.4 is 10.6 Å². The molecular weight excluding hydrogens is 405 g/mol. The number of rotatable bonds is 6. The van der Waals surface area contributed by atoms with Crippen LogP contribution in [0.15, 0.2) is 36.4 Å². The molecule has 0 bridgehead atoms. The van der Waals surface area contributed by atoms with Gasteiger partial charge in [-0.3, -0.25) is 9.69 Å². The number of nitrogens with zero attached hydrogens (tertiary/aromatic N) is 1. The lowest BCUT2D eigenvalue weighted by Crippen LogP contribution is -2.41. The van der Waals surface area contributed by atoms with E-state index in [4.69, 9.17) is 4.74 Å². The number of ether oxygens (including phenoxy) is 1. The second-order valence-electron chi connectivity index (χ2n) is 9.01. The standard InChI is InChI=1S/C26H30FN3O2/c1-17-4-2-3-12-30(17)13-11-28-10-9-18-5-7-21-19(14-18)16-32-25(21)24-22-15-20(27)6-8-23(22)29-26(24)31/h5-8,14-15,17,28H,2-4,9-13,16H2,1H3,(H,29,31)/b25-24+. The summed E-state index contributed by atoms with van der Waals surface area (Å²) in [5.41, 5.74) is 4.85. The van der Waals surface area contributed by atoms with Crippen LogP contribution in [0, 0.1) is 5.82 Å². The van der Waals surface area contributed by atoms with Crippen molar-refractivity contribution in [3.05, 3.63) is 64.5 Å². The molecule has 1 fully saturated rings. The second-order valence-corrected chi connectivity index (χ2v) is 9.01. The molecule has 2 aromatic rings. The van der Waals surface area contributed by atoms with E-state index in [0.717, 1.165) is 37.2 Å². The fourth-order valence-corrected chi connectivity index (χ4v) is 5.01. The first-order valence-corrected chi connectivity index (χ1v) is 11.7. The smallest absolute Gasteiger partial charge is 0.260 e. The SMILES string of the molecule is CC1CCCCN1CCNCCc1ccc2c(c1)CO/C2=C1/C(=O)Nc2ccc(F)cc21. The summed E-state index contributed by atoms with van der Waals surface area (Å²) in [5.74, 6) is -0.0684. The molecule has 0 saturated carbocycles. The lowest BCUT2D eigenvalue weighted by molar-refractivity contribution is -0.110. The van der Waals surface area contributed by atoms with Gasteiger partial charge in [-0.25, -0.2) is 4.39 Å². The van der Waals surface area contributed by atoms with Gasteiger partial charge >= 0.3 is 0 Å². The van der Waals surface area contributed by atoms with Crippen molar-refractivity contribution >= 4 is 22.9 Å². The summed E-state index contributed by atoms with van der Waals surface area (Å²) >= 11 is 0. The normalized spacial score (nSPS) is 22.4. The maximum Gasteiger partial charge on any atom is 0.260 e. The van der Waals surface area contributed by atoms with Crippen molar-refractivity contribution in [1.82, 2.24) is 10.2 Å². The van der Waals surface area contributed by atoms with E-state index in [0.29, 0.717) is 35.2 Å². The molecule has 6 heteroatoms. The van der Waals surface area contributed by atoms with Crippen LogP contribution in [0.25, 0.3) is 11.3 Å². The molecule has 1 atom stereocenters. The second kappa shape index (κ2) is 9.04. The summed E-state index contributed by atoms with van der Waals surface area (Å²) in [7, 11) is 0. The van der Waals surface area contributed by atoms with Gasteiger partial charge in [-0.05, 0) is 63.0 Å². The number of benzene rings is 2. The minimum Gasteiger partial charge on any atom is -0.487 e. The molecule has 2 N–H and O–H groups in total. The predicted octanol–water partition coefficient (Wildman–Crippen LogP) is 4.18. The van der Waals surface area contributed by atoms with Crippen molar-refractivity contribution in [2.24, 2.45) is 0 Å². The van der Waals surface area contributed by atoms with E-state index in [9.17, 15) is 9.18 Å². The summed E-state index contributed by atoms with van der Waals surface area (Å²) in [5, 5.41) is 6.38. The van der Waals surface area contributed by atoms with Crippen molar-refractivity contribution in [1.29, 1.82) is 0 Å². The van der Waals surface area contributed by atoms with Crippen LogP contribution >= 0.6 is 0 Å². The van der Waals surface area contributed by atoms with E-state index in [1.54, 1.807) is 6.07 Å². The number of amides is 1. The number of hydrogen-bond acceptors (Lipinski definition) is 4. The molecule has 3 heterocycles. The number of nitrogens with one attached hydrogen (secondary N) is 2. The Hall–Kier alpha value is -2.70. The van der Waals surface area contributed by atoms with Crippen LogP contribution in [-0.4, -0.2) is 43.0 Å². The molecule has 0 spiro atoms. The van der Waals surface area contributed by atoms with Crippen LogP contribution in [0.2, 0.25) is 0 Å². The lowest BCUT2D eigenvalue weighted by atomic mass is 9.98. The van der Waals surface area contributed by atoms with Crippen LogP contribution in [0.1, 0.15) is 48.4 Å². The molecule has 1 unspecified atom stereocenters. The summed E-state index contributed by atoms with van der Waals surface area (Å²) < 4.78 is 19.7. The number of fused-ring (bicyclic) bond motifs is 2. The largest absolute Gasteiger partial charge is 0.487 e. The number of carbonyl (C=O) groups is 1. The maximum atomic E-state index is 13.8. The van der Waals surface area contributed by atoms with Gasteiger partial charge in [0.25, 0.3) is 5.91 Å². The Morgan fingerprint density at radius 2 is 2.06 bits per heavy atom. The van der Waals surface area contributed by atoms with Gasteiger partial charge in [0.2, 0.25) is 0 Å². The van der Waals surface area contributed by atoms with Gasteiger partial charge in [-0.15, -0.1) is 0 Å².